The minimum absolute atomic E-state index is 0.0177. The zero-order valence-corrected chi connectivity index (χ0v) is 8.72. The average molecular weight is 236 g/mol. The highest BCUT2D eigenvalue weighted by atomic mass is 19.1. The topological polar surface area (TPSA) is 72.0 Å². The molecule has 0 spiro atoms. The maximum Gasteiger partial charge on any atom is 0.295 e. The van der Waals surface area contributed by atoms with Crippen LogP contribution in [0.15, 0.2) is 29.1 Å². The van der Waals surface area contributed by atoms with E-state index in [-0.39, 0.29) is 24.3 Å². The summed E-state index contributed by atoms with van der Waals surface area (Å²) in [6, 6.07) is 6.72. The van der Waals surface area contributed by atoms with Gasteiger partial charge in [-0.3, -0.25) is 9.59 Å². The molecule has 6 heteroatoms. The molecule has 0 radical (unpaired) electrons. The Labute approximate surface area is 95.2 Å². The third-order valence-electron chi connectivity index (χ3n) is 2.22. The predicted octanol–water partition coefficient (Wildman–Crippen LogP) is 0.934. The fraction of sp³-hybridized carbons (Fsp3) is 0.182. The van der Waals surface area contributed by atoms with Gasteiger partial charge in [-0.2, -0.15) is 0 Å². The van der Waals surface area contributed by atoms with Gasteiger partial charge in [-0.25, -0.2) is 9.37 Å². The van der Waals surface area contributed by atoms with E-state index in [0.717, 1.165) is 0 Å². The molecule has 2 aromatic rings. The van der Waals surface area contributed by atoms with Crippen LogP contribution in [0.4, 0.5) is 4.39 Å². The van der Waals surface area contributed by atoms with Gasteiger partial charge in [-0.15, -0.1) is 0 Å². The van der Waals surface area contributed by atoms with Crippen LogP contribution in [0.1, 0.15) is 5.82 Å². The van der Waals surface area contributed by atoms with E-state index in [4.69, 9.17) is 0 Å². The van der Waals surface area contributed by atoms with Gasteiger partial charge in [0.25, 0.3) is 12.0 Å². The molecular weight excluding hydrogens is 227 g/mol. The number of para-hydroxylation sites is 1. The van der Waals surface area contributed by atoms with E-state index >= 15 is 0 Å². The largest absolute Gasteiger partial charge is 0.433 e. The van der Waals surface area contributed by atoms with Gasteiger partial charge in [0.05, 0.1) is 17.3 Å². The van der Waals surface area contributed by atoms with E-state index in [2.05, 4.69) is 14.7 Å². The molecule has 1 atom stereocenters. The van der Waals surface area contributed by atoms with E-state index in [9.17, 15) is 14.0 Å². The Hall–Kier alpha value is -2.24. The molecule has 1 heterocycles. The molecule has 0 fully saturated rings. The summed E-state index contributed by atoms with van der Waals surface area (Å²) in [7, 11) is 0. The summed E-state index contributed by atoms with van der Waals surface area (Å²) in [6.07, 6.45) is -2.09. The Morgan fingerprint density at radius 1 is 1.47 bits per heavy atom. The van der Waals surface area contributed by atoms with Crippen LogP contribution in [0.2, 0.25) is 0 Å². The van der Waals surface area contributed by atoms with Crippen molar-refractivity contribution in [3.8, 4) is 0 Å². The number of ether oxygens (including phenoxy) is 1. The van der Waals surface area contributed by atoms with Crippen LogP contribution in [0.25, 0.3) is 10.9 Å². The Morgan fingerprint density at radius 2 is 2.24 bits per heavy atom. The van der Waals surface area contributed by atoms with Crippen LogP contribution >= 0.6 is 0 Å². The molecule has 0 saturated carbocycles. The van der Waals surface area contributed by atoms with Crippen LogP contribution in [0.5, 0.6) is 0 Å². The van der Waals surface area contributed by atoms with E-state index in [1.807, 2.05) is 0 Å². The molecule has 0 aliphatic rings. The van der Waals surface area contributed by atoms with Gasteiger partial charge in [0.15, 0.2) is 0 Å². The first-order valence-electron chi connectivity index (χ1n) is 4.92. The molecule has 0 bridgehead atoms. The van der Waals surface area contributed by atoms with Crippen LogP contribution < -0.4 is 5.56 Å². The number of carbonyl (C=O) groups is 1. The highest BCUT2D eigenvalue weighted by Gasteiger charge is 2.11. The summed E-state index contributed by atoms with van der Waals surface area (Å²) in [5, 5.41) is 0.433. The zero-order valence-electron chi connectivity index (χ0n) is 8.72. The third-order valence-corrected chi connectivity index (χ3v) is 2.22. The first kappa shape index (κ1) is 11.3. The monoisotopic (exact) mass is 236 g/mol. The molecule has 1 N–H and O–H groups in total. The standard InChI is InChI=1S/C11H9FN2O3/c12-9(17-6-15)5-10-13-8-4-2-1-3-7(8)11(16)14-10/h1-4,6,9H,5H2,(H,13,14,16). The number of aromatic nitrogens is 2. The lowest BCUT2D eigenvalue weighted by Crippen LogP contribution is -2.17. The molecule has 0 aliphatic heterocycles. The lowest BCUT2D eigenvalue weighted by Gasteiger charge is -2.05. The molecule has 1 aromatic carbocycles. The van der Waals surface area contributed by atoms with Crippen molar-refractivity contribution in [2.24, 2.45) is 0 Å². The number of fused-ring (bicyclic) bond motifs is 1. The Bertz CT molecular complexity index is 597. The number of nitrogens with zero attached hydrogens (tertiary/aromatic N) is 1. The molecule has 1 unspecified atom stereocenters. The third kappa shape index (κ3) is 2.47. The lowest BCUT2D eigenvalue weighted by atomic mass is 10.2. The maximum atomic E-state index is 13.0. The summed E-state index contributed by atoms with van der Waals surface area (Å²) in [5.41, 5.74) is 0.133. The second kappa shape index (κ2) is 4.73. The van der Waals surface area contributed by atoms with Gasteiger partial charge < -0.3 is 9.72 Å². The first-order chi connectivity index (χ1) is 8.20. The quantitative estimate of drug-likeness (QED) is 0.802. The van der Waals surface area contributed by atoms with Crippen molar-refractivity contribution < 1.29 is 13.9 Å². The summed E-state index contributed by atoms with van der Waals surface area (Å²) in [4.78, 5) is 28.0. The average Bonchev–Trinajstić information content (AvgIpc) is 2.29. The lowest BCUT2D eigenvalue weighted by molar-refractivity contribution is -0.141. The van der Waals surface area contributed by atoms with Crippen molar-refractivity contribution >= 4 is 17.4 Å². The van der Waals surface area contributed by atoms with Gasteiger partial charge in [-0.05, 0) is 12.1 Å². The molecule has 1 aromatic heterocycles. The van der Waals surface area contributed by atoms with Crippen LogP contribution in [0, 0.1) is 0 Å². The van der Waals surface area contributed by atoms with Gasteiger partial charge in [0, 0.05) is 0 Å². The number of H-pyrrole nitrogens is 1. The van der Waals surface area contributed by atoms with Gasteiger partial charge in [0.1, 0.15) is 5.82 Å². The van der Waals surface area contributed by atoms with Crippen LogP contribution in [-0.4, -0.2) is 22.8 Å². The highest BCUT2D eigenvalue weighted by Crippen LogP contribution is 2.07. The predicted molar refractivity (Wildman–Crippen MR) is 58.1 cm³/mol. The van der Waals surface area contributed by atoms with E-state index in [0.29, 0.717) is 10.9 Å². The molecule has 2 rings (SSSR count). The summed E-state index contributed by atoms with van der Waals surface area (Å²) in [5.74, 6) is 0.142. The minimum atomic E-state index is -1.81. The normalized spacial score (nSPS) is 12.3. The molecule has 0 aliphatic carbocycles. The van der Waals surface area contributed by atoms with Crippen molar-refractivity contribution in [3.63, 3.8) is 0 Å². The number of rotatable bonds is 4. The molecule has 0 amide bonds. The molecule has 0 saturated heterocycles. The van der Waals surface area contributed by atoms with Crippen LogP contribution in [0.3, 0.4) is 0 Å². The smallest absolute Gasteiger partial charge is 0.295 e. The Morgan fingerprint density at radius 3 is 3.00 bits per heavy atom. The van der Waals surface area contributed by atoms with Crippen molar-refractivity contribution in [1.29, 1.82) is 0 Å². The first-order valence-corrected chi connectivity index (χ1v) is 4.92. The van der Waals surface area contributed by atoms with Crippen molar-refractivity contribution in [2.75, 3.05) is 0 Å². The van der Waals surface area contributed by atoms with Gasteiger partial charge in [0.2, 0.25) is 6.36 Å². The Kier molecular flexibility index (Phi) is 3.13. The van der Waals surface area contributed by atoms with E-state index in [1.165, 1.54) is 0 Å². The number of halogens is 1. The summed E-state index contributed by atoms with van der Waals surface area (Å²) < 4.78 is 17.1. The molecule has 5 nitrogen and oxygen atoms in total. The van der Waals surface area contributed by atoms with Crippen LogP contribution in [-0.2, 0) is 16.0 Å². The van der Waals surface area contributed by atoms with E-state index < -0.39 is 6.36 Å². The Balaban J connectivity index is 2.36. The van der Waals surface area contributed by atoms with Gasteiger partial charge >= 0.3 is 0 Å². The van der Waals surface area contributed by atoms with Crippen molar-refractivity contribution in [1.82, 2.24) is 9.97 Å². The minimum Gasteiger partial charge on any atom is -0.433 e. The van der Waals surface area contributed by atoms with Gasteiger partial charge in [-0.1, -0.05) is 12.1 Å². The second-order valence-electron chi connectivity index (χ2n) is 3.38. The number of benzene rings is 1. The highest BCUT2D eigenvalue weighted by molar-refractivity contribution is 5.77. The zero-order chi connectivity index (χ0) is 12.3. The number of nitrogens with one attached hydrogen (secondary N) is 1. The number of aromatic amines is 1. The summed E-state index contributed by atoms with van der Waals surface area (Å²) in [6.45, 7) is 0.0177. The number of hydrogen-bond donors (Lipinski definition) is 1. The molecular formula is C11H9FN2O3. The molecule has 88 valence electrons. The number of carbonyl (C=O) groups excluding carboxylic acids is 1. The SMILES string of the molecule is O=COC(F)Cc1nc2ccccc2c(=O)[nH]1. The second-order valence-corrected chi connectivity index (χ2v) is 3.38. The van der Waals surface area contributed by atoms with E-state index in [1.54, 1.807) is 24.3 Å². The fourth-order valence-corrected chi connectivity index (χ4v) is 1.49. The van der Waals surface area contributed by atoms with Crippen molar-refractivity contribution in [2.45, 2.75) is 12.8 Å². The summed E-state index contributed by atoms with van der Waals surface area (Å²) >= 11 is 0. The fourth-order valence-electron chi connectivity index (χ4n) is 1.49. The maximum absolute atomic E-state index is 13.0. The number of hydrogen-bond acceptors (Lipinski definition) is 4. The molecule has 17 heavy (non-hydrogen) atoms. The number of alkyl halides is 1. The van der Waals surface area contributed by atoms with Crippen molar-refractivity contribution in [3.05, 3.63) is 40.4 Å².